The van der Waals surface area contributed by atoms with Crippen molar-refractivity contribution in [3.63, 3.8) is 0 Å². The smallest absolute Gasteiger partial charge is 0.124 e. The lowest BCUT2D eigenvalue weighted by atomic mass is 9.82. The number of nitriles is 1. The molecule has 0 spiro atoms. The highest BCUT2D eigenvalue weighted by Crippen LogP contribution is 2.37. The predicted molar refractivity (Wildman–Crippen MR) is 71.0 cm³/mol. The van der Waals surface area contributed by atoms with Gasteiger partial charge in [-0.25, -0.2) is 4.39 Å². The first-order chi connectivity index (χ1) is 8.72. The van der Waals surface area contributed by atoms with Gasteiger partial charge < -0.3 is 0 Å². The third-order valence-corrected chi connectivity index (χ3v) is 4.14. The molecule has 1 atom stereocenters. The number of benzene rings is 1. The molecule has 2 rings (SSSR count). The highest BCUT2D eigenvalue weighted by atomic mass is 35.5. The molecule has 1 aliphatic carbocycles. The molecule has 1 saturated carbocycles. The molecular formula is C15H17ClFN. The summed E-state index contributed by atoms with van der Waals surface area (Å²) in [6.07, 6.45) is 7.03. The summed E-state index contributed by atoms with van der Waals surface area (Å²) in [4.78, 5) is 0. The molecule has 1 fully saturated rings. The minimum absolute atomic E-state index is 0.198. The third-order valence-electron chi connectivity index (χ3n) is 3.81. The lowest BCUT2D eigenvalue weighted by molar-refractivity contribution is 0.424. The summed E-state index contributed by atoms with van der Waals surface area (Å²) in [5.74, 6) is -0.182. The van der Waals surface area contributed by atoms with Crippen LogP contribution in [-0.2, 0) is 0 Å². The van der Waals surface area contributed by atoms with Crippen LogP contribution in [0.25, 0.3) is 0 Å². The number of hydrogen-bond donors (Lipinski definition) is 0. The fourth-order valence-electron chi connectivity index (χ4n) is 2.83. The zero-order chi connectivity index (χ0) is 13.0. The molecule has 0 N–H and O–H groups in total. The number of rotatable bonds is 2. The van der Waals surface area contributed by atoms with Crippen molar-refractivity contribution in [1.82, 2.24) is 0 Å². The SMILES string of the molecule is N#CC(c1ccc(F)cc1Cl)C1CCCCCC1. The maximum Gasteiger partial charge on any atom is 0.124 e. The molecule has 1 aliphatic rings. The van der Waals surface area contributed by atoms with Crippen molar-refractivity contribution in [2.75, 3.05) is 0 Å². The van der Waals surface area contributed by atoms with Crippen LogP contribution in [0.4, 0.5) is 4.39 Å². The Kier molecular flexibility index (Phi) is 4.60. The molecule has 0 amide bonds. The van der Waals surface area contributed by atoms with Gasteiger partial charge >= 0.3 is 0 Å². The van der Waals surface area contributed by atoms with Crippen molar-refractivity contribution in [3.05, 3.63) is 34.6 Å². The van der Waals surface area contributed by atoms with Crippen molar-refractivity contribution in [3.8, 4) is 6.07 Å². The zero-order valence-electron chi connectivity index (χ0n) is 10.3. The Morgan fingerprint density at radius 1 is 1.22 bits per heavy atom. The van der Waals surface area contributed by atoms with E-state index in [4.69, 9.17) is 11.6 Å². The predicted octanol–water partition coefficient (Wildman–Crippen LogP) is 5.06. The summed E-state index contributed by atoms with van der Waals surface area (Å²) >= 11 is 6.07. The Hall–Kier alpha value is -1.07. The van der Waals surface area contributed by atoms with Gasteiger partial charge in [-0.3, -0.25) is 0 Å². The molecule has 0 heterocycles. The number of nitrogens with zero attached hydrogens (tertiary/aromatic N) is 1. The van der Waals surface area contributed by atoms with E-state index in [1.54, 1.807) is 6.07 Å². The average Bonchev–Trinajstić information content (AvgIpc) is 2.62. The van der Waals surface area contributed by atoms with E-state index in [9.17, 15) is 9.65 Å². The molecule has 0 aliphatic heterocycles. The van der Waals surface area contributed by atoms with Crippen LogP contribution in [0.3, 0.4) is 0 Å². The van der Waals surface area contributed by atoms with E-state index in [2.05, 4.69) is 6.07 Å². The highest BCUT2D eigenvalue weighted by Gasteiger charge is 2.25. The fraction of sp³-hybridized carbons (Fsp3) is 0.533. The number of hydrogen-bond acceptors (Lipinski definition) is 1. The second-order valence-corrected chi connectivity index (χ2v) is 5.43. The molecular weight excluding hydrogens is 249 g/mol. The van der Waals surface area contributed by atoms with E-state index in [1.807, 2.05) is 0 Å². The summed E-state index contributed by atoms with van der Waals surface area (Å²) in [7, 11) is 0. The lowest BCUT2D eigenvalue weighted by Crippen LogP contribution is -2.11. The fourth-order valence-corrected chi connectivity index (χ4v) is 3.11. The van der Waals surface area contributed by atoms with Crippen LogP contribution in [0.15, 0.2) is 18.2 Å². The lowest BCUT2D eigenvalue weighted by Gasteiger charge is -2.21. The second-order valence-electron chi connectivity index (χ2n) is 5.02. The minimum Gasteiger partial charge on any atom is -0.207 e. The molecule has 3 heteroatoms. The van der Waals surface area contributed by atoms with Gasteiger partial charge in [-0.1, -0.05) is 43.4 Å². The van der Waals surface area contributed by atoms with Crippen molar-refractivity contribution < 1.29 is 4.39 Å². The summed E-state index contributed by atoms with van der Waals surface area (Å²) in [5.41, 5.74) is 0.785. The second kappa shape index (κ2) is 6.20. The average molecular weight is 266 g/mol. The van der Waals surface area contributed by atoms with Crippen LogP contribution >= 0.6 is 11.6 Å². The molecule has 0 saturated heterocycles. The van der Waals surface area contributed by atoms with Gasteiger partial charge in [0.1, 0.15) is 5.82 Å². The summed E-state index contributed by atoms with van der Waals surface area (Å²) in [5, 5.41) is 9.80. The monoisotopic (exact) mass is 265 g/mol. The van der Waals surface area contributed by atoms with E-state index in [-0.39, 0.29) is 11.7 Å². The van der Waals surface area contributed by atoms with E-state index >= 15 is 0 Å². The first-order valence-corrected chi connectivity index (χ1v) is 6.94. The molecule has 0 aromatic heterocycles. The van der Waals surface area contributed by atoms with Crippen LogP contribution in [0.1, 0.15) is 50.0 Å². The van der Waals surface area contributed by atoms with Crippen molar-refractivity contribution in [1.29, 1.82) is 5.26 Å². The van der Waals surface area contributed by atoms with E-state index < -0.39 is 0 Å². The maximum atomic E-state index is 13.1. The molecule has 96 valence electrons. The Morgan fingerprint density at radius 3 is 2.44 bits per heavy atom. The Balaban J connectivity index is 2.24. The topological polar surface area (TPSA) is 23.8 Å². The molecule has 0 radical (unpaired) electrons. The Morgan fingerprint density at radius 2 is 1.89 bits per heavy atom. The summed E-state index contributed by atoms with van der Waals surface area (Å²) in [6.45, 7) is 0. The van der Waals surface area contributed by atoms with E-state index in [1.165, 1.54) is 37.8 Å². The van der Waals surface area contributed by atoms with Gasteiger partial charge in [0, 0.05) is 5.02 Å². The van der Waals surface area contributed by atoms with E-state index in [0.717, 1.165) is 18.4 Å². The van der Waals surface area contributed by atoms with Crippen LogP contribution in [0, 0.1) is 23.1 Å². The van der Waals surface area contributed by atoms with Gasteiger partial charge in [0.15, 0.2) is 0 Å². The highest BCUT2D eigenvalue weighted by molar-refractivity contribution is 6.31. The first-order valence-electron chi connectivity index (χ1n) is 6.57. The van der Waals surface area contributed by atoms with Gasteiger partial charge in [0.2, 0.25) is 0 Å². The molecule has 1 aromatic rings. The van der Waals surface area contributed by atoms with Crippen LogP contribution in [-0.4, -0.2) is 0 Å². The molecule has 0 bridgehead atoms. The molecule has 18 heavy (non-hydrogen) atoms. The van der Waals surface area contributed by atoms with Gasteiger partial charge in [-0.2, -0.15) is 5.26 Å². The largest absolute Gasteiger partial charge is 0.207 e. The number of halogens is 2. The van der Waals surface area contributed by atoms with Gasteiger partial charge in [-0.15, -0.1) is 0 Å². The Labute approximate surface area is 113 Å². The quantitative estimate of drug-likeness (QED) is 0.686. The first kappa shape index (κ1) is 13.4. The van der Waals surface area contributed by atoms with Crippen LogP contribution < -0.4 is 0 Å². The third kappa shape index (κ3) is 3.03. The normalized spacial score (nSPS) is 18.9. The molecule has 1 unspecified atom stereocenters. The summed E-state index contributed by atoms with van der Waals surface area (Å²) in [6, 6.07) is 6.73. The van der Waals surface area contributed by atoms with Crippen molar-refractivity contribution >= 4 is 11.6 Å². The Bertz CT molecular complexity index is 444. The molecule has 1 nitrogen and oxygen atoms in total. The molecule has 1 aromatic carbocycles. The van der Waals surface area contributed by atoms with Crippen molar-refractivity contribution in [2.24, 2.45) is 5.92 Å². The van der Waals surface area contributed by atoms with Gasteiger partial charge in [-0.05, 0) is 36.5 Å². The van der Waals surface area contributed by atoms with Crippen molar-refractivity contribution in [2.45, 2.75) is 44.4 Å². The zero-order valence-corrected chi connectivity index (χ0v) is 11.1. The maximum absolute atomic E-state index is 13.1. The van der Waals surface area contributed by atoms with E-state index in [0.29, 0.717) is 10.9 Å². The van der Waals surface area contributed by atoms with Crippen LogP contribution in [0.2, 0.25) is 5.02 Å². The minimum atomic E-state index is -0.346. The summed E-state index contributed by atoms with van der Waals surface area (Å²) < 4.78 is 13.1. The van der Waals surface area contributed by atoms with Gasteiger partial charge in [0.05, 0.1) is 12.0 Å². The van der Waals surface area contributed by atoms with Gasteiger partial charge in [0.25, 0.3) is 0 Å². The van der Waals surface area contributed by atoms with Crippen LogP contribution in [0.5, 0.6) is 0 Å². The standard InChI is InChI=1S/C15H17ClFN/c16-15-9-12(17)7-8-13(15)14(10-18)11-5-3-1-2-4-6-11/h7-9,11,14H,1-6H2.